The van der Waals surface area contributed by atoms with Gasteiger partial charge in [0.05, 0.1) is 4.47 Å². The Hall–Kier alpha value is -1.07. The van der Waals surface area contributed by atoms with E-state index in [4.69, 9.17) is 4.74 Å². The second-order valence-corrected chi connectivity index (χ2v) is 6.70. The highest BCUT2D eigenvalue weighted by atomic mass is 79.9. The van der Waals surface area contributed by atoms with Gasteiger partial charge in [-0.25, -0.2) is 0 Å². The van der Waals surface area contributed by atoms with E-state index in [1.165, 1.54) is 18.4 Å². The Morgan fingerprint density at radius 1 is 1.38 bits per heavy atom. The first kappa shape index (κ1) is 16.3. The van der Waals surface area contributed by atoms with Crippen LogP contribution in [0.15, 0.2) is 22.7 Å². The van der Waals surface area contributed by atoms with Gasteiger partial charge in [-0.1, -0.05) is 6.07 Å². The SMILES string of the molecule is CC(C)NC(=O)C(C)Oc1ccc(CNC2CC2)cc1Br. The molecule has 0 bridgehead atoms. The van der Waals surface area contributed by atoms with Crippen molar-refractivity contribution in [2.75, 3.05) is 0 Å². The lowest BCUT2D eigenvalue weighted by molar-refractivity contribution is -0.127. The smallest absolute Gasteiger partial charge is 0.260 e. The average Bonchev–Trinajstić information content (AvgIpc) is 3.22. The standard InChI is InChI=1S/C16H23BrN2O2/c1-10(2)19-16(20)11(3)21-15-7-4-12(8-14(15)17)9-18-13-5-6-13/h4,7-8,10-11,13,18H,5-6,9H2,1-3H3,(H,19,20). The molecule has 1 fully saturated rings. The van der Waals surface area contributed by atoms with Crippen LogP contribution in [0.5, 0.6) is 5.75 Å². The lowest BCUT2D eigenvalue weighted by Crippen LogP contribution is -2.40. The quantitative estimate of drug-likeness (QED) is 0.791. The zero-order chi connectivity index (χ0) is 15.4. The highest BCUT2D eigenvalue weighted by molar-refractivity contribution is 9.10. The Morgan fingerprint density at radius 3 is 2.67 bits per heavy atom. The lowest BCUT2D eigenvalue weighted by atomic mass is 10.2. The summed E-state index contributed by atoms with van der Waals surface area (Å²) < 4.78 is 6.60. The zero-order valence-electron chi connectivity index (χ0n) is 12.8. The number of halogens is 1. The van der Waals surface area contributed by atoms with E-state index < -0.39 is 6.10 Å². The summed E-state index contributed by atoms with van der Waals surface area (Å²) in [6.45, 7) is 6.49. The van der Waals surface area contributed by atoms with Crippen molar-refractivity contribution in [1.82, 2.24) is 10.6 Å². The highest BCUT2D eigenvalue weighted by Gasteiger charge is 2.20. The number of ether oxygens (including phenoxy) is 1. The third-order valence-electron chi connectivity index (χ3n) is 3.27. The van der Waals surface area contributed by atoms with Crippen molar-refractivity contribution in [3.63, 3.8) is 0 Å². The van der Waals surface area contributed by atoms with Gasteiger partial charge in [0.25, 0.3) is 5.91 Å². The summed E-state index contributed by atoms with van der Waals surface area (Å²) in [6, 6.07) is 6.79. The molecule has 1 aromatic rings. The highest BCUT2D eigenvalue weighted by Crippen LogP contribution is 2.27. The molecule has 0 spiro atoms. The molecule has 1 atom stereocenters. The van der Waals surface area contributed by atoms with Crippen molar-refractivity contribution in [3.05, 3.63) is 28.2 Å². The zero-order valence-corrected chi connectivity index (χ0v) is 14.4. The van der Waals surface area contributed by atoms with Gasteiger partial charge in [0.15, 0.2) is 6.10 Å². The van der Waals surface area contributed by atoms with Gasteiger partial charge in [-0.2, -0.15) is 0 Å². The molecule has 4 nitrogen and oxygen atoms in total. The molecule has 0 aliphatic heterocycles. The van der Waals surface area contributed by atoms with Crippen molar-refractivity contribution in [2.45, 2.75) is 58.3 Å². The number of carbonyl (C=O) groups excluding carboxylic acids is 1. The van der Waals surface area contributed by atoms with Gasteiger partial charge < -0.3 is 15.4 Å². The van der Waals surface area contributed by atoms with Crippen LogP contribution in [0, 0.1) is 0 Å². The first-order valence-electron chi connectivity index (χ1n) is 7.44. The molecule has 1 amide bonds. The van der Waals surface area contributed by atoms with Gasteiger partial charge in [0.1, 0.15) is 5.75 Å². The van der Waals surface area contributed by atoms with Gasteiger partial charge in [0, 0.05) is 18.6 Å². The number of hydrogen-bond acceptors (Lipinski definition) is 3. The Balaban J connectivity index is 1.91. The summed E-state index contributed by atoms with van der Waals surface area (Å²) in [6.07, 6.45) is 2.05. The predicted molar refractivity (Wildman–Crippen MR) is 87.4 cm³/mol. The van der Waals surface area contributed by atoms with Crippen molar-refractivity contribution >= 4 is 21.8 Å². The van der Waals surface area contributed by atoms with Crippen LogP contribution in [0.1, 0.15) is 39.2 Å². The fourth-order valence-electron chi connectivity index (χ4n) is 1.95. The maximum Gasteiger partial charge on any atom is 0.260 e. The predicted octanol–water partition coefficient (Wildman–Crippen LogP) is 2.99. The van der Waals surface area contributed by atoms with Crippen molar-refractivity contribution in [2.24, 2.45) is 0 Å². The maximum absolute atomic E-state index is 11.9. The van der Waals surface area contributed by atoms with Crippen LogP contribution in [0.2, 0.25) is 0 Å². The van der Waals surface area contributed by atoms with Crippen LogP contribution in [0.25, 0.3) is 0 Å². The van der Waals surface area contributed by atoms with Crippen LogP contribution in [0.4, 0.5) is 0 Å². The number of benzene rings is 1. The van der Waals surface area contributed by atoms with E-state index in [9.17, 15) is 4.79 Å². The number of carbonyl (C=O) groups is 1. The number of hydrogen-bond donors (Lipinski definition) is 2. The summed E-state index contributed by atoms with van der Waals surface area (Å²) in [5.41, 5.74) is 1.21. The lowest BCUT2D eigenvalue weighted by Gasteiger charge is -2.17. The normalized spacial score (nSPS) is 15.9. The molecule has 2 rings (SSSR count). The van der Waals surface area contributed by atoms with E-state index in [1.54, 1.807) is 6.92 Å². The summed E-state index contributed by atoms with van der Waals surface area (Å²) in [5, 5.41) is 6.32. The maximum atomic E-state index is 11.9. The summed E-state index contributed by atoms with van der Waals surface area (Å²) in [5.74, 6) is 0.591. The molecule has 1 aliphatic carbocycles. The van der Waals surface area contributed by atoms with E-state index in [-0.39, 0.29) is 11.9 Å². The Kier molecular flexibility index (Phi) is 5.65. The molecule has 5 heteroatoms. The Labute approximate surface area is 134 Å². The molecule has 1 aliphatic rings. The van der Waals surface area contributed by atoms with Crippen LogP contribution in [-0.2, 0) is 11.3 Å². The minimum Gasteiger partial charge on any atom is -0.480 e. The van der Waals surface area contributed by atoms with Crippen molar-refractivity contribution < 1.29 is 9.53 Å². The van der Waals surface area contributed by atoms with Gasteiger partial charge >= 0.3 is 0 Å². The molecule has 1 unspecified atom stereocenters. The van der Waals surface area contributed by atoms with E-state index in [0.29, 0.717) is 11.8 Å². The van der Waals surface area contributed by atoms with Crippen LogP contribution in [0.3, 0.4) is 0 Å². The van der Waals surface area contributed by atoms with Crippen molar-refractivity contribution in [3.8, 4) is 5.75 Å². The summed E-state index contributed by atoms with van der Waals surface area (Å²) in [7, 11) is 0. The molecule has 0 heterocycles. The van der Waals surface area contributed by atoms with Crippen LogP contribution >= 0.6 is 15.9 Å². The van der Waals surface area contributed by atoms with E-state index in [2.05, 4.69) is 26.6 Å². The Morgan fingerprint density at radius 2 is 2.10 bits per heavy atom. The third kappa shape index (κ3) is 5.32. The molecule has 0 aromatic heterocycles. The fourth-order valence-corrected chi connectivity index (χ4v) is 2.47. The third-order valence-corrected chi connectivity index (χ3v) is 3.89. The van der Waals surface area contributed by atoms with Gasteiger partial charge in [0.2, 0.25) is 0 Å². The van der Waals surface area contributed by atoms with Gasteiger partial charge in [-0.15, -0.1) is 0 Å². The van der Waals surface area contributed by atoms with Crippen molar-refractivity contribution in [1.29, 1.82) is 0 Å². The minimum atomic E-state index is -0.515. The fraction of sp³-hybridized carbons (Fsp3) is 0.562. The van der Waals surface area contributed by atoms with E-state index in [0.717, 1.165) is 11.0 Å². The van der Waals surface area contributed by atoms with E-state index >= 15 is 0 Å². The second kappa shape index (κ2) is 7.27. The molecular formula is C16H23BrN2O2. The monoisotopic (exact) mass is 354 g/mol. The molecule has 2 N–H and O–H groups in total. The van der Waals surface area contributed by atoms with Gasteiger partial charge in [-0.05, 0) is 67.2 Å². The molecule has 1 saturated carbocycles. The average molecular weight is 355 g/mol. The Bertz CT molecular complexity index is 501. The molecule has 21 heavy (non-hydrogen) atoms. The van der Waals surface area contributed by atoms with Gasteiger partial charge in [-0.3, -0.25) is 4.79 Å². The molecular weight excluding hydrogens is 332 g/mol. The first-order chi connectivity index (χ1) is 9.95. The van der Waals surface area contributed by atoms with Crippen LogP contribution in [-0.4, -0.2) is 24.1 Å². The summed E-state index contributed by atoms with van der Waals surface area (Å²) in [4.78, 5) is 11.9. The molecule has 0 radical (unpaired) electrons. The minimum absolute atomic E-state index is 0.101. The summed E-state index contributed by atoms with van der Waals surface area (Å²) >= 11 is 3.51. The van der Waals surface area contributed by atoms with Crippen LogP contribution < -0.4 is 15.4 Å². The number of nitrogens with one attached hydrogen (secondary N) is 2. The molecule has 0 saturated heterocycles. The first-order valence-corrected chi connectivity index (χ1v) is 8.24. The molecule has 116 valence electrons. The number of rotatable bonds is 7. The number of amides is 1. The van der Waals surface area contributed by atoms with E-state index in [1.807, 2.05) is 32.0 Å². The largest absolute Gasteiger partial charge is 0.480 e. The molecule has 1 aromatic carbocycles. The topological polar surface area (TPSA) is 50.4 Å². The second-order valence-electron chi connectivity index (χ2n) is 5.84.